The number of carbonyl (C=O) groups excluding carboxylic acids is 1. The maximum absolute atomic E-state index is 12.8. The first-order valence-corrected chi connectivity index (χ1v) is 9.72. The third-order valence-corrected chi connectivity index (χ3v) is 6.27. The summed E-state index contributed by atoms with van der Waals surface area (Å²) in [5.74, 6) is 0.228. The summed E-state index contributed by atoms with van der Waals surface area (Å²) in [5, 5.41) is 5.34. The van der Waals surface area contributed by atoms with E-state index in [-0.39, 0.29) is 5.91 Å². The summed E-state index contributed by atoms with van der Waals surface area (Å²) in [7, 11) is 0. The first-order chi connectivity index (χ1) is 11.4. The summed E-state index contributed by atoms with van der Waals surface area (Å²) in [6.07, 6.45) is 8.50. The molecule has 3 rings (SSSR count). The fraction of sp³-hybridized carbons (Fsp3) is 0.632. The molecule has 0 radical (unpaired) electrons. The van der Waals surface area contributed by atoms with E-state index in [2.05, 4.69) is 5.01 Å². The molecule has 1 saturated heterocycles. The van der Waals surface area contributed by atoms with Crippen molar-refractivity contribution in [3.63, 3.8) is 0 Å². The minimum absolute atomic E-state index is 0.228. The van der Waals surface area contributed by atoms with Gasteiger partial charge in [-0.25, -0.2) is 0 Å². The molecule has 3 nitrogen and oxygen atoms in total. The number of benzene rings is 1. The van der Waals surface area contributed by atoms with Crippen molar-refractivity contribution in [1.29, 1.82) is 0 Å². The topological polar surface area (TPSA) is 23.6 Å². The summed E-state index contributed by atoms with van der Waals surface area (Å²) in [5.41, 5.74) is 0.495. The van der Waals surface area contributed by atoms with Crippen LogP contribution in [0.2, 0.25) is 10.0 Å². The van der Waals surface area contributed by atoms with Gasteiger partial charge < -0.3 is 0 Å². The van der Waals surface area contributed by atoms with Gasteiger partial charge in [-0.1, -0.05) is 67.4 Å². The lowest BCUT2D eigenvalue weighted by atomic mass is 9.90. The third-order valence-electron chi connectivity index (χ3n) is 5.41. The van der Waals surface area contributed by atoms with Crippen molar-refractivity contribution in [2.75, 3.05) is 0 Å². The van der Waals surface area contributed by atoms with Crippen molar-refractivity contribution < 1.29 is 4.79 Å². The molecule has 2 aliphatic rings. The molecule has 1 saturated carbocycles. The van der Waals surface area contributed by atoms with Crippen LogP contribution in [-0.2, 0) is 11.3 Å². The van der Waals surface area contributed by atoms with Gasteiger partial charge in [0, 0.05) is 12.6 Å². The van der Waals surface area contributed by atoms with Gasteiger partial charge in [-0.15, -0.1) is 0 Å². The van der Waals surface area contributed by atoms with Crippen LogP contribution >= 0.6 is 23.2 Å². The minimum atomic E-state index is -0.478. The highest BCUT2D eigenvalue weighted by atomic mass is 35.5. The van der Waals surface area contributed by atoms with Gasteiger partial charge in [0.2, 0.25) is 0 Å². The molecular weight excluding hydrogens is 343 g/mol. The van der Waals surface area contributed by atoms with Crippen molar-refractivity contribution >= 4 is 29.1 Å². The molecule has 1 amide bonds. The molecule has 5 heteroatoms. The molecule has 2 fully saturated rings. The lowest BCUT2D eigenvalue weighted by Crippen LogP contribution is -2.76. The molecule has 1 heterocycles. The molecule has 0 aromatic heterocycles. The average molecular weight is 369 g/mol. The smallest absolute Gasteiger partial charge is 0.258 e. The molecule has 1 aromatic rings. The van der Waals surface area contributed by atoms with E-state index in [1.165, 1.54) is 32.1 Å². The van der Waals surface area contributed by atoms with Gasteiger partial charge in [0.15, 0.2) is 0 Å². The van der Waals surface area contributed by atoms with Crippen LogP contribution in [-0.4, -0.2) is 27.5 Å². The van der Waals surface area contributed by atoms with Gasteiger partial charge >= 0.3 is 0 Å². The van der Waals surface area contributed by atoms with Crippen LogP contribution in [0.4, 0.5) is 0 Å². The maximum Gasteiger partial charge on any atom is 0.258 e. The van der Waals surface area contributed by atoms with Crippen LogP contribution in [0.1, 0.15) is 64.4 Å². The van der Waals surface area contributed by atoms with Gasteiger partial charge in [0.1, 0.15) is 5.54 Å². The lowest BCUT2D eigenvalue weighted by molar-refractivity contribution is -0.230. The van der Waals surface area contributed by atoms with Gasteiger partial charge in [-0.2, -0.15) is 5.01 Å². The largest absolute Gasteiger partial charge is 0.271 e. The molecule has 132 valence electrons. The predicted molar refractivity (Wildman–Crippen MR) is 99.0 cm³/mol. The van der Waals surface area contributed by atoms with E-state index in [1.54, 1.807) is 6.07 Å². The molecule has 0 N–H and O–H groups in total. The number of rotatable bonds is 3. The molecule has 1 aromatic carbocycles. The maximum atomic E-state index is 12.8. The highest BCUT2D eigenvalue weighted by Gasteiger charge is 2.54. The minimum Gasteiger partial charge on any atom is -0.271 e. The standard InChI is InChI=1S/C19H26Cl2N2O/c1-19(2)18(24)23(15-10-6-4-3-5-7-11-15)22(19)13-14-9-8-12-16(20)17(14)21/h8-9,12,15H,3-7,10-11,13H2,1-2H3. The number of carbonyl (C=O) groups is 1. The normalized spacial score (nSPS) is 22.8. The zero-order valence-electron chi connectivity index (χ0n) is 14.5. The number of amides is 1. The van der Waals surface area contributed by atoms with Crippen LogP contribution in [0, 0.1) is 0 Å². The zero-order valence-corrected chi connectivity index (χ0v) is 16.0. The Kier molecular flexibility index (Phi) is 5.43. The van der Waals surface area contributed by atoms with E-state index in [0.29, 0.717) is 22.6 Å². The number of hydrogen-bond acceptors (Lipinski definition) is 2. The first-order valence-electron chi connectivity index (χ1n) is 8.97. The Morgan fingerprint density at radius 2 is 1.71 bits per heavy atom. The van der Waals surface area contributed by atoms with Crippen molar-refractivity contribution in [2.24, 2.45) is 0 Å². The molecule has 24 heavy (non-hydrogen) atoms. The number of halogens is 2. The summed E-state index contributed by atoms with van der Waals surface area (Å²) in [6.45, 7) is 4.61. The van der Waals surface area contributed by atoms with Crippen molar-refractivity contribution in [3.8, 4) is 0 Å². The van der Waals surface area contributed by atoms with Gasteiger partial charge in [-0.3, -0.25) is 9.80 Å². The van der Waals surface area contributed by atoms with Crippen LogP contribution in [0.15, 0.2) is 18.2 Å². The summed E-state index contributed by atoms with van der Waals surface area (Å²) in [6, 6.07) is 6.03. The molecule has 0 bridgehead atoms. The quantitative estimate of drug-likeness (QED) is 0.708. The highest BCUT2D eigenvalue weighted by molar-refractivity contribution is 6.42. The van der Waals surface area contributed by atoms with Gasteiger partial charge in [0.05, 0.1) is 10.0 Å². The summed E-state index contributed by atoms with van der Waals surface area (Å²) < 4.78 is 0. The van der Waals surface area contributed by atoms with E-state index in [9.17, 15) is 4.79 Å². The van der Waals surface area contributed by atoms with Crippen molar-refractivity contribution in [1.82, 2.24) is 10.0 Å². The van der Waals surface area contributed by atoms with Crippen LogP contribution < -0.4 is 0 Å². The number of hydrazine groups is 1. The monoisotopic (exact) mass is 368 g/mol. The molecule has 1 aliphatic heterocycles. The second-order valence-corrected chi connectivity index (χ2v) is 8.26. The average Bonchev–Trinajstić information content (AvgIpc) is 2.52. The Morgan fingerprint density at radius 3 is 2.38 bits per heavy atom. The molecule has 1 aliphatic carbocycles. The molecule has 0 spiro atoms. The van der Waals surface area contributed by atoms with Crippen molar-refractivity contribution in [3.05, 3.63) is 33.8 Å². The Balaban J connectivity index is 1.80. The fourth-order valence-corrected chi connectivity index (χ4v) is 4.25. The van der Waals surface area contributed by atoms with Crippen molar-refractivity contribution in [2.45, 2.75) is 76.9 Å². The lowest BCUT2D eigenvalue weighted by Gasteiger charge is -2.58. The van der Waals surface area contributed by atoms with E-state index in [1.807, 2.05) is 31.0 Å². The number of hydrogen-bond donors (Lipinski definition) is 0. The highest BCUT2D eigenvalue weighted by Crippen LogP contribution is 2.39. The third kappa shape index (κ3) is 3.31. The van der Waals surface area contributed by atoms with Crippen LogP contribution in [0.3, 0.4) is 0 Å². The Bertz CT molecular complexity index is 609. The molecule has 0 unspecified atom stereocenters. The molecular formula is C19H26Cl2N2O. The van der Waals surface area contributed by atoms with Crippen LogP contribution in [0.25, 0.3) is 0 Å². The Hall–Kier alpha value is -0.770. The Labute approximate surface area is 154 Å². The van der Waals surface area contributed by atoms with E-state index >= 15 is 0 Å². The van der Waals surface area contributed by atoms with Gasteiger partial charge in [-0.05, 0) is 38.3 Å². The first kappa shape index (κ1) is 18.0. The number of nitrogens with zero attached hydrogens (tertiary/aromatic N) is 2. The second kappa shape index (κ2) is 7.23. The van der Waals surface area contributed by atoms with Gasteiger partial charge in [0.25, 0.3) is 5.91 Å². The van der Waals surface area contributed by atoms with E-state index in [4.69, 9.17) is 23.2 Å². The predicted octanol–water partition coefficient (Wildman–Crippen LogP) is 5.44. The van der Waals surface area contributed by atoms with E-state index in [0.717, 1.165) is 18.4 Å². The zero-order chi connectivity index (χ0) is 17.3. The SMILES string of the molecule is CC1(C)C(=O)N(C2CCCCCCC2)N1Cc1cccc(Cl)c1Cl. The van der Waals surface area contributed by atoms with E-state index < -0.39 is 5.54 Å². The Morgan fingerprint density at radius 1 is 1.08 bits per heavy atom. The second-order valence-electron chi connectivity index (χ2n) is 7.48. The summed E-state index contributed by atoms with van der Waals surface area (Å²) in [4.78, 5) is 12.8. The summed E-state index contributed by atoms with van der Waals surface area (Å²) >= 11 is 12.5. The van der Waals surface area contributed by atoms with Crippen LogP contribution in [0.5, 0.6) is 0 Å². The fourth-order valence-electron chi connectivity index (χ4n) is 3.87. The molecule has 0 atom stereocenters.